The van der Waals surface area contributed by atoms with Crippen molar-refractivity contribution in [2.24, 2.45) is 0 Å². The number of hydrogen-bond acceptors (Lipinski definition) is 5. The molecule has 1 heterocycles. The standard InChI is InChI=1S/C23H29N3O4/c1-4-11-26(14-23(28)25-19-8-6-5-7-16(19)2)13-22(27)24-17(3)18-9-10-20-21(12-18)30-15-29-20/h5-10,12,17H,4,11,13-15H2,1-3H3,(H,24,27)(H,25,28)/t17-/m0/s1. The van der Waals surface area contributed by atoms with Crippen molar-refractivity contribution in [3.63, 3.8) is 0 Å². The fourth-order valence-corrected chi connectivity index (χ4v) is 3.39. The van der Waals surface area contributed by atoms with Gasteiger partial charge in [0, 0.05) is 5.69 Å². The van der Waals surface area contributed by atoms with E-state index in [2.05, 4.69) is 10.6 Å². The van der Waals surface area contributed by atoms with Gasteiger partial charge in [-0.15, -0.1) is 0 Å². The van der Waals surface area contributed by atoms with Gasteiger partial charge in [0.15, 0.2) is 11.5 Å². The molecule has 3 rings (SSSR count). The Morgan fingerprint density at radius 2 is 1.80 bits per heavy atom. The van der Waals surface area contributed by atoms with E-state index in [1.165, 1.54) is 0 Å². The van der Waals surface area contributed by atoms with Crippen LogP contribution >= 0.6 is 0 Å². The third kappa shape index (κ3) is 5.73. The smallest absolute Gasteiger partial charge is 0.238 e. The molecular formula is C23H29N3O4. The largest absolute Gasteiger partial charge is 0.454 e. The van der Waals surface area contributed by atoms with E-state index in [1.807, 2.05) is 68.1 Å². The van der Waals surface area contributed by atoms with Crippen molar-refractivity contribution in [3.8, 4) is 11.5 Å². The molecule has 0 radical (unpaired) electrons. The molecule has 0 aromatic heterocycles. The number of rotatable bonds is 9. The number of fused-ring (bicyclic) bond motifs is 1. The van der Waals surface area contributed by atoms with Crippen molar-refractivity contribution in [1.82, 2.24) is 10.2 Å². The first-order chi connectivity index (χ1) is 14.5. The Kier molecular flexibility index (Phi) is 7.30. The van der Waals surface area contributed by atoms with Gasteiger partial charge in [-0.3, -0.25) is 14.5 Å². The number of para-hydroxylation sites is 1. The maximum absolute atomic E-state index is 12.6. The number of carbonyl (C=O) groups excluding carboxylic acids is 2. The highest BCUT2D eigenvalue weighted by atomic mass is 16.7. The fraction of sp³-hybridized carbons (Fsp3) is 0.391. The Labute approximate surface area is 177 Å². The number of anilines is 1. The first kappa shape index (κ1) is 21.6. The Balaban J connectivity index is 1.54. The summed E-state index contributed by atoms with van der Waals surface area (Å²) >= 11 is 0. The quantitative estimate of drug-likeness (QED) is 0.662. The molecule has 1 aliphatic heterocycles. The molecule has 7 heteroatoms. The lowest BCUT2D eigenvalue weighted by Crippen LogP contribution is -2.42. The first-order valence-corrected chi connectivity index (χ1v) is 10.2. The zero-order valence-corrected chi connectivity index (χ0v) is 17.7. The second kappa shape index (κ2) is 10.1. The number of benzene rings is 2. The van der Waals surface area contributed by atoms with E-state index in [0.717, 1.165) is 23.2 Å². The molecule has 0 bridgehead atoms. The average Bonchev–Trinajstić information content (AvgIpc) is 3.17. The number of aryl methyl sites for hydroxylation is 1. The van der Waals surface area contributed by atoms with Gasteiger partial charge in [-0.2, -0.15) is 0 Å². The highest BCUT2D eigenvalue weighted by Crippen LogP contribution is 2.34. The monoisotopic (exact) mass is 411 g/mol. The highest BCUT2D eigenvalue weighted by molar-refractivity contribution is 5.93. The van der Waals surface area contributed by atoms with Crippen LogP contribution < -0.4 is 20.1 Å². The summed E-state index contributed by atoms with van der Waals surface area (Å²) < 4.78 is 10.7. The summed E-state index contributed by atoms with van der Waals surface area (Å²) in [5.41, 5.74) is 2.73. The zero-order chi connectivity index (χ0) is 21.5. The van der Waals surface area contributed by atoms with Gasteiger partial charge >= 0.3 is 0 Å². The van der Waals surface area contributed by atoms with Crippen LogP contribution in [0.25, 0.3) is 0 Å². The number of amides is 2. The molecule has 1 aliphatic rings. The molecule has 7 nitrogen and oxygen atoms in total. The summed E-state index contributed by atoms with van der Waals surface area (Å²) in [6.45, 7) is 7.09. The summed E-state index contributed by atoms with van der Waals surface area (Å²) in [7, 11) is 0. The van der Waals surface area contributed by atoms with E-state index < -0.39 is 0 Å². The Hall–Kier alpha value is -3.06. The Morgan fingerprint density at radius 3 is 2.57 bits per heavy atom. The van der Waals surface area contributed by atoms with Crippen LogP contribution in [0.4, 0.5) is 5.69 Å². The van der Waals surface area contributed by atoms with Crippen molar-refractivity contribution >= 4 is 17.5 Å². The zero-order valence-electron chi connectivity index (χ0n) is 17.7. The van der Waals surface area contributed by atoms with Crippen molar-refractivity contribution in [2.75, 3.05) is 31.7 Å². The molecule has 2 N–H and O–H groups in total. The van der Waals surface area contributed by atoms with Gasteiger partial charge < -0.3 is 20.1 Å². The van der Waals surface area contributed by atoms with Crippen LogP contribution in [0.3, 0.4) is 0 Å². The lowest BCUT2D eigenvalue weighted by molar-refractivity contribution is -0.124. The van der Waals surface area contributed by atoms with Gasteiger partial charge in [-0.05, 0) is 56.1 Å². The molecule has 0 unspecified atom stereocenters. The molecular weight excluding hydrogens is 382 g/mol. The molecule has 0 fully saturated rings. The maximum atomic E-state index is 12.6. The average molecular weight is 412 g/mol. The number of ether oxygens (including phenoxy) is 2. The van der Waals surface area contributed by atoms with Crippen LogP contribution in [-0.2, 0) is 9.59 Å². The molecule has 1 atom stereocenters. The van der Waals surface area contributed by atoms with Crippen LogP contribution in [0.2, 0.25) is 0 Å². The number of nitrogens with one attached hydrogen (secondary N) is 2. The van der Waals surface area contributed by atoms with Crippen molar-refractivity contribution in [1.29, 1.82) is 0 Å². The van der Waals surface area contributed by atoms with Gasteiger partial charge in [-0.1, -0.05) is 31.2 Å². The van der Waals surface area contributed by atoms with Gasteiger partial charge in [-0.25, -0.2) is 0 Å². The highest BCUT2D eigenvalue weighted by Gasteiger charge is 2.19. The fourth-order valence-electron chi connectivity index (χ4n) is 3.39. The lowest BCUT2D eigenvalue weighted by Gasteiger charge is -2.22. The van der Waals surface area contributed by atoms with E-state index in [9.17, 15) is 9.59 Å². The van der Waals surface area contributed by atoms with E-state index in [4.69, 9.17) is 9.47 Å². The molecule has 2 amide bonds. The summed E-state index contributed by atoms with van der Waals surface area (Å²) in [6, 6.07) is 13.1. The topological polar surface area (TPSA) is 79.9 Å². The molecule has 0 aliphatic carbocycles. The Morgan fingerprint density at radius 1 is 1.07 bits per heavy atom. The van der Waals surface area contributed by atoms with Crippen LogP contribution in [0.1, 0.15) is 37.4 Å². The van der Waals surface area contributed by atoms with Crippen LogP contribution in [0, 0.1) is 6.92 Å². The predicted molar refractivity (Wildman–Crippen MR) is 116 cm³/mol. The molecule has 2 aromatic carbocycles. The van der Waals surface area contributed by atoms with Crippen LogP contribution in [0.5, 0.6) is 11.5 Å². The van der Waals surface area contributed by atoms with Gasteiger partial charge in [0.05, 0.1) is 19.1 Å². The molecule has 0 saturated carbocycles. The second-order valence-corrected chi connectivity index (χ2v) is 7.48. The minimum atomic E-state index is -0.184. The van der Waals surface area contributed by atoms with Crippen LogP contribution in [-0.4, -0.2) is 43.1 Å². The van der Waals surface area contributed by atoms with Gasteiger partial charge in [0.25, 0.3) is 0 Å². The van der Waals surface area contributed by atoms with E-state index >= 15 is 0 Å². The van der Waals surface area contributed by atoms with Gasteiger partial charge in [0.1, 0.15) is 0 Å². The predicted octanol–water partition coefficient (Wildman–Crippen LogP) is 3.25. The minimum absolute atomic E-state index is 0.127. The van der Waals surface area contributed by atoms with Crippen molar-refractivity contribution in [2.45, 2.75) is 33.2 Å². The van der Waals surface area contributed by atoms with Crippen molar-refractivity contribution < 1.29 is 19.1 Å². The van der Waals surface area contributed by atoms with Crippen molar-refractivity contribution in [3.05, 3.63) is 53.6 Å². The van der Waals surface area contributed by atoms with E-state index in [0.29, 0.717) is 18.0 Å². The molecule has 160 valence electrons. The second-order valence-electron chi connectivity index (χ2n) is 7.48. The summed E-state index contributed by atoms with van der Waals surface area (Å²) in [5.74, 6) is 1.15. The minimum Gasteiger partial charge on any atom is -0.454 e. The number of nitrogens with zero attached hydrogens (tertiary/aromatic N) is 1. The summed E-state index contributed by atoms with van der Waals surface area (Å²) in [5, 5.41) is 5.92. The molecule has 30 heavy (non-hydrogen) atoms. The van der Waals surface area contributed by atoms with Crippen LogP contribution in [0.15, 0.2) is 42.5 Å². The van der Waals surface area contributed by atoms with Gasteiger partial charge in [0.2, 0.25) is 18.6 Å². The molecule has 0 spiro atoms. The summed E-state index contributed by atoms with van der Waals surface area (Å²) in [6.07, 6.45) is 0.850. The molecule has 2 aromatic rings. The first-order valence-electron chi connectivity index (χ1n) is 10.2. The van der Waals surface area contributed by atoms with E-state index in [-0.39, 0.29) is 37.7 Å². The number of carbonyl (C=O) groups is 2. The maximum Gasteiger partial charge on any atom is 0.238 e. The Bertz CT molecular complexity index is 900. The third-order valence-electron chi connectivity index (χ3n) is 4.97. The normalized spacial score (nSPS) is 13.2. The summed E-state index contributed by atoms with van der Waals surface area (Å²) in [4.78, 5) is 26.9. The SMILES string of the molecule is CCCN(CC(=O)Nc1ccccc1C)CC(=O)N[C@@H](C)c1ccc2c(c1)OCO2. The number of hydrogen-bond donors (Lipinski definition) is 2. The molecule has 0 saturated heterocycles. The third-order valence-corrected chi connectivity index (χ3v) is 4.97. The van der Waals surface area contributed by atoms with E-state index in [1.54, 1.807) is 0 Å². The lowest BCUT2D eigenvalue weighted by atomic mass is 10.1.